The number of benzene rings is 2. The Labute approximate surface area is 140 Å². The van der Waals surface area contributed by atoms with Crippen molar-refractivity contribution in [3.8, 4) is 0 Å². The molecule has 0 radical (unpaired) electrons. The van der Waals surface area contributed by atoms with Gasteiger partial charge in [0, 0.05) is 11.4 Å². The first-order chi connectivity index (χ1) is 11.4. The Bertz CT molecular complexity index is 737. The highest BCUT2D eigenvalue weighted by Gasteiger charge is 2.14. The first-order valence-corrected chi connectivity index (χ1v) is 7.46. The predicted octanol–water partition coefficient (Wildman–Crippen LogP) is 2.00. The zero-order valence-corrected chi connectivity index (χ0v) is 13.6. The van der Waals surface area contributed by atoms with E-state index in [0.717, 1.165) is 11.1 Å². The normalized spacial score (nSPS) is 9.92. The van der Waals surface area contributed by atoms with Crippen LogP contribution in [0.3, 0.4) is 0 Å². The van der Waals surface area contributed by atoms with Gasteiger partial charge in [-0.15, -0.1) is 0 Å². The highest BCUT2D eigenvalue weighted by Crippen LogP contribution is 2.09. The van der Waals surface area contributed by atoms with Gasteiger partial charge in [-0.25, -0.2) is 0 Å². The average Bonchev–Trinajstić information content (AvgIpc) is 2.57. The fraction of sp³-hybridized carbons (Fsp3) is 0.167. The molecule has 2 aromatic rings. The van der Waals surface area contributed by atoms with Crippen molar-refractivity contribution < 1.29 is 14.4 Å². The second-order valence-corrected chi connectivity index (χ2v) is 5.42. The van der Waals surface area contributed by atoms with E-state index in [-0.39, 0.29) is 6.54 Å². The summed E-state index contributed by atoms with van der Waals surface area (Å²) in [5, 5.41) is 7.38. The van der Waals surface area contributed by atoms with Gasteiger partial charge in [-0.3, -0.25) is 14.4 Å². The van der Waals surface area contributed by atoms with E-state index < -0.39 is 17.7 Å². The summed E-state index contributed by atoms with van der Waals surface area (Å²) in [6.07, 6.45) is 0. The molecule has 24 heavy (non-hydrogen) atoms. The summed E-state index contributed by atoms with van der Waals surface area (Å²) in [7, 11) is 0. The number of carbonyl (C=O) groups excluding carboxylic acids is 3. The molecule has 0 saturated carbocycles. The zero-order chi connectivity index (χ0) is 17.5. The van der Waals surface area contributed by atoms with Crippen LogP contribution < -0.4 is 16.0 Å². The van der Waals surface area contributed by atoms with E-state index in [1.807, 2.05) is 38.1 Å². The SMILES string of the molecule is Cc1ccc(NC(=O)CNC(=O)C(=O)Nc2ccc(C)cc2)cc1. The zero-order valence-electron chi connectivity index (χ0n) is 13.6. The van der Waals surface area contributed by atoms with E-state index in [0.29, 0.717) is 11.4 Å². The number of aryl methyl sites for hydroxylation is 2. The second-order valence-electron chi connectivity index (χ2n) is 5.42. The molecule has 0 fully saturated rings. The standard InChI is InChI=1S/C18H19N3O3/c1-12-3-7-14(8-4-12)20-16(22)11-19-17(23)18(24)21-15-9-5-13(2)6-10-15/h3-10H,11H2,1-2H3,(H,19,23)(H,20,22)(H,21,24). The van der Waals surface area contributed by atoms with E-state index in [1.54, 1.807) is 24.3 Å². The Hall–Kier alpha value is -3.15. The Morgan fingerprint density at radius 2 is 1.17 bits per heavy atom. The van der Waals surface area contributed by atoms with Gasteiger partial charge in [-0.2, -0.15) is 0 Å². The lowest BCUT2D eigenvalue weighted by Crippen LogP contribution is -2.39. The van der Waals surface area contributed by atoms with Gasteiger partial charge in [0.1, 0.15) is 0 Å². The third kappa shape index (κ3) is 5.24. The molecule has 0 atom stereocenters. The Morgan fingerprint density at radius 3 is 1.67 bits per heavy atom. The molecule has 0 aliphatic heterocycles. The second kappa shape index (κ2) is 7.92. The first-order valence-electron chi connectivity index (χ1n) is 7.46. The van der Waals surface area contributed by atoms with Crippen LogP contribution in [0.15, 0.2) is 48.5 Å². The van der Waals surface area contributed by atoms with Gasteiger partial charge in [0.05, 0.1) is 6.54 Å². The van der Waals surface area contributed by atoms with Crippen LogP contribution in [-0.2, 0) is 14.4 Å². The van der Waals surface area contributed by atoms with Crippen LogP contribution in [0.1, 0.15) is 11.1 Å². The molecular weight excluding hydrogens is 306 g/mol. The van der Waals surface area contributed by atoms with Crippen molar-refractivity contribution >= 4 is 29.1 Å². The van der Waals surface area contributed by atoms with E-state index in [2.05, 4.69) is 16.0 Å². The van der Waals surface area contributed by atoms with E-state index in [9.17, 15) is 14.4 Å². The highest BCUT2D eigenvalue weighted by atomic mass is 16.2. The fourth-order valence-corrected chi connectivity index (χ4v) is 1.91. The van der Waals surface area contributed by atoms with Crippen LogP contribution in [0.4, 0.5) is 11.4 Å². The Kier molecular flexibility index (Phi) is 5.68. The third-order valence-corrected chi connectivity index (χ3v) is 3.26. The predicted molar refractivity (Wildman–Crippen MR) is 92.6 cm³/mol. The molecule has 0 unspecified atom stereocenters. The molecule has 0 aliphatic rings. The van der Waals surface area contributed by atoms with Crippen molar-refractivity contribution in [2.24, 2.45) is 0 Å². The molecule has 3 amide bonds. The maximum Gasteiger partial charge on any atom is 0.313 e. The minimum atomic E-state index is -0.866. The molecule has 124 valence electrons. The molecular formula is C18H19N3O3. The van der Waals surface area contributed by atoms with Crippen molar-refractivity contribution in [1.82, 2.24) is 5.32 Å². The monoisotopic (exact) mass is 325 g/mol. The molecule has 2 aromatic carbocycles. The number of nitrogens with one attached hydrogen (secondary N) is 3. The van der Waals surface area contributed by atoms with E-state index in [4.69, 9.17) is 0 Å². The molecule has 6 heteroatoms. The summed E-state index contributed by atoms with van der Waals surface area (Å²) in [5.41, 5.74) is 3.27. The summed E-state index contributed by atoms with van der Waals surface area (Å²) < 4.78 is 0. The lowest BCUT2D eigenvalue weighted by Gasteiger charge is -2.08. The van der Waals surface area contributed by atoms with Crippen molar-refractivity contribution in [3.05, 3.63) is 59.7 Å². The summed E-state index contributed by atoms with van der Waals surface area (Å²) in [6.45, 7) is 3.58. The third-order valence-electron chi connectivity index (χ3n) is 3.26. The molecule has 6 nitrogen and oxygen atoms in total. The van der Waals surface area contributed by atoms with Crippen molar-refractivity contribution in [2.75, 3.05) is 17.2 Å². The summed E-state index contributed by atoms with van der Waals surface area (Å²) in [4.78, 5) is 35.2. The summed E-state index contributed by atoms with van der Waals surface area (Å²) >= 11 is 0. The average molecular weight is 325 g/mol. The quantitative estimate of drug-likeness (QED) is 0.751. The van der Waals surface area contributed by atoms with Crippen LogP contribution in [0, 0.1) is 13.8 Å². The molecule has 0 saturated heterocycles. The van der Waals surface area contributed by atoms with Gasteiger partial charge < -0.3 is 16.0 Å². The van der Waals surface area contributed by atoms with Crippen molar-refractivity contribution in [1.29, 1.82) is 0 Å². The van der Waals surface area contributed by atoms with E-state index in [1.165, 1.54) is 0 Å². The minimum Gasteiger partial charge on any atom is -0.339 e. The Morgan fingerprint density at radius 1 is 0.708 bits per heavy atom. The maximum atomic E-state index is 11.8. The smallest absolute Gasteiger partial charge is 0.313 e. The van der Waals surface area contributed by atoms with Crippen LogP contribution in [-0.4, -0.2) is 24.3 Å². The van der Waals surface area contributed by atoms with E-state index >= 15 is 0 Å². The molecule has 0 spiro atoms. The number of rotatable bonds is 4. The lowest BCUT2D eigenvalue weighted by atomic mass is 10.2. The fourth-order valence-electron chi connectivity index (χ4n) is 1.91. The molecule has 0 bridgehead atoms. The van der Waals surface area contributed by atoms with Gasteiger partial charge in [0.25, 0.3) is 0 Å². The molecule has 0 aliphatic carbocycles. The van der Waals surface area contributed by atoms with Crippen molar-refractivity contribution in [3.63, 3.8) is 0 Å². The topological polar surface area (TPSA) is 87.3 Å². The molecule has 3 N–H and O–H groups in total. The van der Waals surface area contributed by atoms with Gasteiger partial charge in [-0.1, -0.05) is 35.4 Å². The van der Waals surface area contributed by atoms with Gasteiger partial charge in [0.15, 0.2) is 0 Å². The number of amides is 3. The number of carbonyl (C=O) groups is 3. The van der Waals surface area contributed by atoms with Crippen LogP contribution in [0.5, 0.6) is 0 Å². The number of hydrogen-bond acceptors (Lipinski definition) is 3. The number of hydrogen-bond donors (Lipinski definition) is 3. The summed E-state index contributed by atoms with van der Waals surface area (Å²) in [5.74, 6) is -2.09. The van der Waals surface area contributed by atoms with Crippen LogP contribution in [0.25, 0.3) is 0 Å². The van der Waals surface area contributed by atoms with Crippen molar-refractivity contribution in [2.45, 2.75) is 13.8 Å². The molecule has 2 rings (SSSR count). The Balaban J connectivity index is 1.79. The molecule has 0 aromatic heterocycles. The minimum absolute atomic E-state index is 0.284. The van der Waals surface area contributed by atoms with Crippen LogP contribution in [0.2, 0.25) is 0 Å². The number of anilines is 2. The van der Waals surface area contributed by atoms with Gasteiger partial charge in [-0.05, 0) is 38.1 Å². The first kappa shape index (κ1) is 17.2. The summed E-state index contributed by atoms with van der Waals surface area (Å²) in [6, 6.07) is 14.3. The lowest BCUT2D eigenvalue weighted by molar-refractivity contribution is -0.136. The maximum absolute atomic E-state index is 11.8. The van der Waals surface area contributed by atoms with Gasteiger partial charge >= 0.3 is 11.8 Å². The van der Waals surface area contributed by atoms with Gasteiger partial charge in [0.2, 0.25) is 5.91 Å². The van der Waals surface area contributed by atoms with Crippen LogP contribution >= 0.6 is 0 Å². The largest absolute Gasteiger partial charge is 0.339 e. The highest BCUT2D eigenvalue weighted by molar-refractivity contribution is 6.39. The molecule has 0 heterocycles.